The van der Waals surface area contributed by atoms with E-state index in [1.807, 2.05) is 27.7 Å². The van der Waals surface area contributed by atoms with Gasteiger partial charge in [-0.25, -0.2) is 9.80 Å². The second-order valence-corrected chi connectivity index (χ2v) is 9.75. The fourth-order valence-electron chi connectivity index (χ4n) is 3.65. The fraction of sp³-hybridized carbons (Fsp3) is 0.423. The number of carbonyl (C=O) groups excluding carboxylic acids is 2. The molecule has 0 saturated heterocycles. The third-order valence-electron chi connectivity index (χ3n) is 5.67. The standard InChI is InChI=1S/C26H34N4O2/c1-17-8-11-20(12-9-17)23-15-22(21-13-10-18(2)19(3)14-21)28-30(23)24(31)16-29(7)25(32)27-26(4,5)6/h8-14,23H,15-16H2,1-7H3,(H,27,32)/t23-/m0/s1. The molecule has 2 aromatic carbocycles. The maximum Gasteiger partial charge on any atom is 0.318 e. The van der Waals surface area contributed by atoms with Crippen molar-refractivity contribution in [2.24, 2.45) is 5.10 Å². The zero-order chi connectivity index (χ0) is 23.6. The second-order valence-electron chi connectivity index (χ2n) is 9.75. The molecule has 0 fully saturated rings. The number of rotatable bonds is 4. The van der Waals surface area contributed by atoms with Gasteiger partial charge in [-0.1, -0.05) is 42.0 Å². The summed E-state index contributed by atoms with van der Waals surface area (Å²) < 4.78 is 0. The van der Waals surface area contributed by atoms with Crippen LogP contribution in [0.5, 0.6) is 0 Å². The molecule has 1 aliphatic rings. The predicted molar refractivity (Wildman–Crippen MR) is 129 cm³/mol. The van der Waals surface area contributed by atoms with Crippen LogP contribution in [0.1, 0.15) is 61.1 Å². The predicted octanol–water partition coefficient (Wildman–Crippen LogP) is 4.73. The summed E-state index contributed by atoms with van der Waals surface area (Å²) in [6, 6.07) is 14.0. The highest BCUT2D eigenvalue weighted by Crippen LogP contribution is 2.33. The molecule has 0 spiro atoms. The highest BCUT2D eigenvalue weighted by Gasteiger charge is 2.34. The lowest BCUT2D eigenvalue weighted by atomic mass is 9.96. The molecule has 170 valence electrons. The van der Waals surface area contributed by atoms with Gasteiger partial charge in [-0.15, -0.1) is 0 Å². The zero-order valence-electron chi connectivity index (χ0n) is 20.2. The molecule has 0 unspecified atom stereocenters. The summed E-state index contributed by atoms with van der Waals surface area (Å²) in [7, 11) is 1.63. The lowest BCUT2D eigenvalue weighted by Gasteiger charge is -2.28. The van der Waals surface area contributed by atoms with Crippen molar-refractivity contribution in [3.8, 4) is 0 Å². The number of hydrogen-bond donors (Lipinski definition) is 1. The molecular formula is C26H34N4O2. The van der Waals surface area contributed by atoms with E-state index in [0.717, 1.165) is 16.8 Å². The molecule has 0 aliphatic carbocycles. The van der Waals surface area contributed by atoms with Gasteiger partial charge in [-0.05, 0) is 69.9 Å². The summed E-state index contributed by atoms with van der Waals surface area (Å²) in [5, 5.41) is 9.18. The van der Waals surface area contributed by atoms with Crippen LogP contribution in [-0.2, 0) is 4.79 Å². The lowest BCUT2D eigenvalue weighted by molar-refractivity contribution is -0.133. The molecule has 0 bridgehead atoms. The number of carbonyl (C=O) groups is 2. The van der Waals surface area contributed by atoms with Crippen molar-refractivity contribution in [3.05, 3.63) is 70.3 Å². The number of hydrazone groups is 1. The Kier molecular flexibility index (Phi) is 6.72. The molecule has 0 radical (unpaired) electrons. The van der Waals surface area contributed by atoms with Gasteiger partial charge in [-0.3, -0.25) is 4.79 Å². The Morgan fingerprint density at radius 1 is 1.06 bits per heavy atom. The Hall–Kier alpha value is -3.15. The van der Waals surface area contributed by atoms with Crippen molar-refractivity contribution in [2.45, 2.75) is 59.5 Å². The van der Waals surface area contributed by atoms with E-state index in [9.17, 15) is 9.59 Å². The molecule has 3 amide bonds. The maximum absolute atomic E-state index is 13.3. The second kappa shape index (κ2) is 9.15. The minimum Gasteiger partial charge on any atom is -0.333 e. The molecule has 0 saturated carbocycles. The fourth-order valence-corrected chi connectivity index (χ4v) is 3.65. The van der Waals surface area contributed by atoms with Crippen molar-refractivity contribution in [1.82, 2.24) is 15.2 Å². The van der Waals surface area contributed by atoms with Crippen molar-refractivity contribution in [1.29, 1.82) is 0 Å². The number of hydrogen-bond acceptors (Lipinski definition) is 3. The van der Waals surface area contributed by atoms with Gasteiger partial charge in [0.1, 0.15) is 6.54 Å². The third-order valence-corrected chi connectivity index (χ3v) is 5.67. The topological polar surface area (TPSA) is 65.0 Å². The van der Waals surface area contributed by atoms with E-state index in [1.54, 1.807) is 12.1 Å². The molecule has 3 rings (SSSR count). The first-order valence-corrected chi connectivity index (χ1v) is 11.0. The van der Waals surface area contributed by atoms with Crippen LogP contribution < -0.4 is 5.32 Å². The van der Waals surface area contributed by atoms with E-state index in [4.69, 9.17) is 5.10 Å². The number of nitrogens with zero attached hydrogens (tertiary/aromatic N) is 3. The summed E-state index contributed by atoms with van der Waals surface area (Å²) in [5.41, 5.74) is 6.16. The Bertz CT molecular complexity index is 1030. The van der Waals surface area contributed by atoms with Crippen LogP contribution in [-0.4, -0.2) is 46.7 Å². The quantitative estimate of drug-likeness (QED) is 0.756. The number of benzene rings is 2. The minimum atomic E-state index is -0.374. The zero-order valence-corrected chi connectivity index (χ0v) is 20.2. The molecule has 2 aromatic rings. The molecule has 1 heterocycles. The smallest absolute Gasteiger partial charge is 0.318 e. The first kappa shape index (κ1) is 23.5. The largest absolute Gasteiger partial charge is 0.333 e. The van der Waals surface area contributed by atoms with Gasteiger partial charge in [0, 0.05) is 19.0 Å². The van der Waals surface area contributed by atoms with Gasteiger partial charge in [0.15, 0.2) is 0 Å². The van der Waals surface area contributed by atoms with Crippen LogP contribution in [0.15, 0.2) is 47.6 Å². The average molecular weight is 435 g/mol. The van der Waals surface area contributed by atoms with Crippen molar-refractivity contribution >= 4 is 17.6 Å². The van der Waals surface area contributed by atoms with Gasteiger partial charge in [0.25, 0.3) is 5.91 Å². The summed E-state index contributed by atoms with van der Waals surface area (Å²) in [6.45, 7) is 11.9. The summed E-state index contributed by atoms with van der Waals surface area (Å²) in [4.78, 5) is 27.1. The van der Waals surface area contributed by atoms with Gasteiger partial charge >= 0.3 is 6.03 Å². The van der Waals surface area contributed by atoms with E-state index < -0.39 is 0 Å². The van der Waals surface area contributed by atoms with E-state index in [1.165, 1.54) is 21.6 Å². The van der Waals surface area contributed by atoms with Crippen molar-refractivity contribution in [3.63, 3.8) is 0 Å². The van der Waals surface area contributed by atoms with Crippen LogP contribution in [0.3, 0.4) is 0 Å². The normalized spacial score (nSPS) is 16.0. The Labute approximate surface area is 191 Å². The van der Waals surface area contributed by atoms with Crippen molar-refractivity contribution in [2.75, 3.05) is 13.6 Å². The van der Waals surface area contributed by atoms with Gasteiger partial charge < -0.3 is 10.2 Å². The molecular weight excluding hydrogens is 400 g/mol. The highest BCUT2D eigenvalue weighted by atomic mass is 16.2. The SMILES string of the molecule is Cc1ccc([C@@H]2CC(c3ccc(C)c(C)c3)=NN2C(=O)CN(C)C(=O)NC(C)(C)C)cc1. The molecule has 1 N–H and O–H groups in total. The molecule has 1 aliphatic heterocycles. The molecule has 32 heavy (non-hydrogen) atoms. The summed E-state index contributed by atoms with van der Waals surface area (Å²) >= 11 is 0. The van der Waals surface area contributed by atoms with Gasteiger partial charge in [0.2, 0.25) is 0 Å². The van der Waals surface area contributed by atoms with E-state index in [2.05, 4.69) is 61.6 Å². The Balaban J connectivity index is 1.87. The van der Waals surface area contributed by atoms with E-state index >= 15 is 0 Å². The maximum atomic E-state index is 13.3. The minimum absolute atomic E-state index is 0.0476. The van der Waals surface area contributed by atoms with Crippen LogP contribution in [0.2, 0.25) is 0 Å². The number of amides is 3. The van der Waals surface area contributed by atoms with Crippen molar-refractivity contribution < 1.29 is 9.59 Å². The van der Waals surface area contributed by atoms with Crippen LogP contribution in [0, 0.1) is 20.8 Å². The summed E-state index contributed by atoms with van der Waals surface area (Å²) in [5.74, 6) is -0.207. The number of urea groups is 1. The van der Waals surface area contributed by atoms with Crippen LogP contribution in [0.4, 0.5) is 4.79 Å². The average Bonchev–Trinajstić information content (AvgIpc) is 3.15. The Morgan fingerprint density at radius 2 is 1.72 bits per heavy atom. The van der Waals surface area contributed by atoms with Crippen LogP contribution >= 0.6 is 0 Å². The first-order chi connectivity index (χ1) is 14.9. The Morgan fingerprint density at radius 3 is 2.31 bits per heavy atom. The van der Waals surface area contributed by atoms with Gasteiger partial charge in [0.05, 0.1) is 11.8 Å². The molecule has 6 heteroatoms. The first-order valence-electron chi connectivity index (χ1n) is 11.0. The van der Waals surface area contributed by atoms with E-state index in [-0.39, 0.29) is 30.1 Å². The number of likely N-dealkylation sites (N-methyl/N-ethyl adjacent to an activating group) is 1. The molecule has 6 nitrogen and oxygen atoms in total. The number of nitrogens with one attached hydrogen (secondary N) is 1. The summed E-state index contributed by atoms with van der Waals surface area (Å²) in [6.07, 6.45) is 0.634. The third kappa shape index (κ3) is 5.55. The lowest BCUT2D eigenvalue weighted by Crippen LogP contribution is -2.49. The number of aryl methyl sites for hydroxylation is 3. The van der Waals surface area contributed by atoms with E-state index in [0.29, 0.717) is 6.42 Å². The van der Waals surface area contributed by atoms with Gasteiger partial charge in [-0.2, -0.15) is 5.10 Å². The molecule has 1 atom stereocenters. The highest BCUT2D eigenvalue weighted by molar-refractivity contribution is 6.03. The van der Waals surface area contributed by atoms with Crippen LogP contribution in [0.25, 0.3) is 0 Å². The molecule has 0 aromatic heterocycles. The monoisotopic (exact) mass is 434 g/mol.